The average molecular weight is 113 g/mol. The molecule has 0 aliphatic carbocycles. The Labute approximate surface area is 49.8 Å². The van der Waals surface area contributed by atoms with E-state index < -0.39 is 0 Å². The van der Waals surface area contributed by atoms with Crippen LogP contribution in [0.15, 0.2) is 24.6 Å². The van der Waals surface area contributed by atoms with Gasteiger partial charge in [0.25, 0.3) is 0 Å². The molecule has 0 spiro atoms. The molecule has 0 fully saturated rings. The lowest BCUT2D eigenvalue weighted by Crippen LogP contribution is -2.01. The molecule has 0 unspecified atom stereocenters. The summed E-state index contributed by atoms with van der Waals surface area (Å²) in [7, 11) is 0. The van der Waals surface area contributed by atoms with Gasteiger partial charge in [-0.15, -0.1) is 0 Å². The molecule has 2 nitrogen and oxygen atoms in total. The largest absolute Gasteiger partial charge is 0.391 e. The lowest BCUT2D eigenvalue weighted by atomic mass is 10.6. The monoisotopic (exact) mass is 113 g/mol. The fourth-order valence-electron chi connectivity index (χ4n) is 0.258. The summed E-state index contributed by atoms with van der Waals surface area (Å²) < 4.78 is 0. The second kappa shape index (κ2) is 6.08. The maximum Gasteiger partial charge on any atom is 0.119 e. The van der Waals surface area contributed by atoms with Crippen molar-refractivity contribution < 1.29 is 4.84 Å². The smallest absolute Gasteiger partial charge is 0.119 e. The molecule has 0 bridgehead atoms. The molecule has 0 aromatic heterocycles. The van der Waals surface area contributed by atoms with Gasteiger partial charge in [-0.25, -0.2) is 5.48 Å². The Morgan fingerprint density at radius 1 is 1.25 bits per heavy atom. The first-order valence-electron chi connectivity index (χ1n) is 2.73. The van der Waals surface area contributed by atoms with Gasteiger partial charge < -0.3 is 4.84 Å². The molecule has 1 heterocycles. The van der Waals surface area contributed by atoms with Crippen LogP contribution in [-0.2, 0) is 4.84 Å². The lowest BCUT2D eigenvalue weighted by molar-refractivity contribution is 0.172. The highest BCUT2D eigenvalue weighted by Gasteiger charge is 1.72. The van der Waals surface area contributed by atoms with Crippen LogP contribution in [0, 0.1) is 0 Å². The highest BCUT2D eigenvalue weighted by atomic mass is 16.6. The standard InChI is InChI=1S/C4H5NO.C2H6/c1-2-4-6-5-3-1;1-2/h1-5H;1-2H3. The molecule has 1 N–H and O–H groups in total. The summed E-state index contributed by atoms with van der Waals surface area (Å²) in [5, 5.41) is 0. The SMILES string of the molecule is C1=CNOC=C1.CC. The van der Waals surface area contributed by atoms with Crippen LogP contribution in [0.1, 0.15) is 13.8 Å². The first-order valence-corrected chi connectivity index (χ1v) is 2.73. The minimum absolute atomic E-state index is 1.57. The van der Waals surface area contributed by atoms with Crippen molar-refractivity contribution in [1.29, 1.82) is 0 Å². The zero-order valence-electron chi connectivity index (χ0n) is 5.22. The molecule has 0 saturated carbocycles. The topological polar surface area (TPSA) is 21.3 Å². The third kappa shape index (κ3) is 3.28. The van der Waals surface area contributed by atoms with Crippen LogP contribution in [0.2, 0.25) is 0 Å². The van der Waals surface area contributed by atoms with Crippen molar-refractivity contribution in [3.63, 3.8) is 0 Å². The van der Waals surface area contributed by atoms with Crippen LogP contribution >= 0.6 is 0 Å². The summed E-state index contributed by atoms with van der Waals surface area (Å²) in [5.74, 6) is 0. The van der Waals surface area contributed by atoms with Gasteiger partial charge >= 0.3 is 0 Å². The highest BCUT2D eigenvalue weighted by Crippen LogP contribution is 1.80. The quantitative estimate of drug-likeness (QED) is 0.515. The predicted molar refractivity (Wildman–Crippen MR) is 33.8 cm³/mol. The van der Waals surface area contributed by atoms with Gasteiger partial charge in [0.05, 0.1) is 0 Å². The number of hydroxylamine groups is 1. The minimum atomic E-state index is 1.57. The van der Waals surface area contributed by atoms with Crippen molar-refractivity contribution in [1.82, 2.24) is 5.48 Å². The van der Waals surface area contributed by atoms with E-state index in [1.165, 1.54) is 0 Å². The van der Waals surface area contributed by atoms with Crippen molar-refractivity contribution in [2.45, 2.75) is 13.8 Å². The molecule has 0 aromatic carbocycles. The van der Waals surface area contributed by atoms with E-state index in [0.717, 1.165) is 0 Å². The van der Waals surface area contributed by atoms with Gasteiger partial charge in [-0.3, -0.25) is 0 Å². The zero-order chi connectivity index (χ0) is 6.24. The van der Waals surface area contributed by atoms with Gasteiger partial charge in [0.2, 0.25) is 0 Å². The summed E-state index contributed by atoms with van der Waals surface area (Å²) in [6.45, 7) is 4.00. The fraction of sp³-hybridized carbons (Fsp3) is 0.333. The van der Waals surface area contributed by atoms with E-state index in [0.29, 0.717) is 0 Å². The van der Waals surface area contributed by atoms with Gasteiger partial charge in [0.15, 0.2) is 0 Å². The number of hydrogen-bond acceptors (Lipinski definition) is 2. The number of rotatable bonds is 0. The van der Waals surface area contributed by atoms with E-state index in [-0.39, 0.29) is 0 Å². The summed E-state index contributed by atoms with van der Waals surface area (Å²) >= 11 is 0. The van der Waals surface area contributed by atoms with Gasteiger partial charge in [-0.1, -0.05) is 13.8 Å². The molecule has 1 aliphatic rings. The highest BCUT2D eigenvalue weighted by molar-refractivity contribution is 5.00. The number of nitrogens with one attached hydrogen (secondary N) is 1. The fourth-order valence-corrected chi connectivity index (χ4v) is 0.258. The summed E-state index contributed by atoms with van der Waals surface area (Å²) in [4.78, 5) is 4.55. The van der Waals surface area contributed by atoms with Crippen LogP contribution in [0.25, 0.3) is 0 Å². The second-order valence-electron chi connectivity index (χ2n) is 0.923. The van der Waals surface area contributed by atoms with Crippen LogP contribution in [0.4, 0.5) is 0 Å². The molecule has 46 valence electrons. The van der Waals surface area contributed by atoms with Gasteiger partial charge in [-0.2, -0.15) is 0 Å². The van der Waals surface area contributed by atoms with Crippen molar-refractivity contribution in [3.8, 4) is 0 Å². The predicted octanol–water partition coefficient (Wildman–Crippen LogP) is 1.57. The van der Waals surface area contributed by atoms with Crippen LogP contribution in [0.3, 0.4) is 0 Å². The van der Waals surface area contributed by atoms with Crippen molar-refractivity contribution in [3.05, 3.63) is 24.6 Å². The molecule has 2 heteroatoms. The molecule has 0 aromatic rings. The van der Waals surface area contributed by atoms with Crippen LogP contribution in [-0.4, -0.2) is 0 Å². The Morgan fingerprint density at radius 3 is 2.12 bits per heavy atom. The van der Waals surface area contributed by atoms with E-state index in [1.54, 1.807) is 18.5 Å². The van der Waals surface area contributed by atoms with Gasteiger partial charge in [0, 0.05) is 6.20 Å². The molecule has 1 rings (SSSR count). The average Bonchev–Trinajstić information content (AvgIpc) is 1.96. The first-order chi connectivity index (χ1) is 4.00. The summed E-state index contributed by atoms with van der Waals surface area (Å²) in [6, 6.07) is 0. The maximum absolute atomic E-state index is 4.55. The van der Waals surface area contributed by atoms with Gasteiger partial charge in [0.1, 0.15) is 6.26 Å². The third-order valence-electron chi connectivity index (χ3n) is 0.490. The number of hydrogen-bond donors (Lipinski definition) is 1. The molecule has 0 amide bonds. The molecule has 8 heavy (non-hydrogen) atoms. The van der Waals surface area contributed by atoms with Crippen LogP contribution in [0.5, 0.6) is 0 Å². The first kappa shape index (κ1) is 7.08. The Hall–Kier alpha value is -0.920. The van der Waals surface area contributed by atoms with E-state index >= 15 is 0 Å². The Morgan fingerprint density at radius 2 is 2.00 bits per heavy atom. The maximum atomic E-state index is 4.55. The molecular weight excluding hydrogens is 102 g/mol. The van der Waals surface area contributed by atoms with E-state index in [2.05, 4.69) is 10.3 Å². The van der Waals surface area contributed by atoms with E-state index in [4.69, 9.17) is 0 Å². The second-order valence-corrected chi connectivity index (χ2v) is 0.923. The zero-order valence-corrected chi connectivity index (χ0v) is 5.22. The van der Waals surface area contributed by atoms with Crippen molar-refractivity contribution in [2.75, 3.05) is 0 Å². The summed E-state index contributed by atoms with van der Waals surface area (Å²) in [6.07, 6.45) is 6.93. The normalized spacial score (nSPS) is 12.8. The molecule has 1 aliphatic heterocycles. The Kier molecular flexibility index (Phi) is 5.38. The van der Waals surface area contributed by atoms with Gasteiger partial charge in [-0.05, 0) is 12.2 Å². The lowest BCUT2D eigenvalue weighted by Gasteiger charge is -1.97. The third-order valence-corrected chi connectivity index (χ3v) is 0.490. The van der Waals surface area contributed by atoms with E-state index in [9.17, 15) is 0 Å². The van der Waals surface area contributed by atoms with Crippen molar-refractivity contribution in [2.24, 2.45) is 0 Å². The number of allylic oxidation sites excluding steroid dienone is 2. The van der Waals surface area contributed by atoms with Crippen LogP contribution < -0.4 is 5.48 Å². The molecule has 0 saturated heterocycles. The van der Waals surface area contributed by atoms with E-state index in [1.807, 2.05) is 19.9 Å². The Balaban J connectivity index is 0.000000222. The van der Waals surface area contributed by atoms with Crippen molar-refractivity contribution >= 4 is 0 Å². The Bertz CT molecular complexity index is 74.5. The molecule has 0 atom stereocenters. The molecule has 0 radical (unpaired) electrons. The minimum Gasteiger partial charge on any atom is -0.391 e. The molecular formula is C6H11NO. The summed E-state index contributed by atoms with van der Waals surface area (Å²) in [5.41, 5.74) is 2.52.